The minimum atomic E-state index is 0.851. The normalized spacial score (nSPS) is 10.6. The van der Waals surface area contributed by atoms with Gasteiger partial charge in [0.15, 0.2) is 0 Å². The van der Waals surface area contributed by atoms with Crippen molar-refractivity contribution in [2.24, 2.45) is 0 Å². The lowest BCUT2D eigenvalue weighted by Crippen LogP contribution is -2.13. The number of hydrogen-bond acceptors (Lipinski definition) is 2. The van der Waals surface area contributed by atoms with Gasteiger partial charge in [0, 0.05) is 24.8 Å². The number of aromatic amines is 1. The minimum absolute atomic E-state index is 0.851. The largest absolute Gasteiger partial charge is 0.308 e. The number of benzene rings is 1. The molecule has 0 fully saturated rings. The molecular formula is C13H17N3. The van der Waals surface area contributed by atoms with Gasteiger partial charge in [-0.25, -0.2) is 0 Å². The highest BCUT2D eigenvalue weighted by Crippen LogP contribution is 2.10. The number of H-pyrrole nitrogens is 1. The molecule has 3 nitrogen and oxygen atoms in total. The Balaban J connectivity index is 1.92. The van der Waals surface area contributed by atoms with Crippen molar-refractivity contribution >= 4 is 0 Å². The van der Waals surface area contributed by atoms with E-state index in [1.807, 2.05) is 12.4 Å². The molecule has 0 bridgehead atoms. The van der Waals surface area contributed by atoms with Gasteiger partial charge in [0.2, 0.25) is 0 Å². The Morgan fingerprint density at radius 3 is 2.88 bits per heavy atom. The second kappa shape index (κ2) is 4.94. The van der Waals surface area contributed by atoms with Gasteiger partial charge in [0.1, 0.15) is 0 Å². The molecule has 16 heavy (non-hydrogen) atoms. The molecule has 2 N–H and O–H groups in total. The number of aromatic nitrogens is 2. The standard InChI is InChI=1S/C13H17N3/c1-10-3-4-11(2)13(5-10)9-14-6-12-7-15-16-8-12/h3-5,7-8,14H,6,9H2,1-2H3,(H,15,16). The number of nitrogens with one attached hydrogen (secondary N) is 2. The van der Waals surface area contributed by atoms with Crippen molar-refractivity contribution in [3.63, 3.8) is 0 Å². The molecule has 3 heteroatoms. The van der Waals surface area contributed by atoms with Gasteiger partial charge >= 0.3 is 0 Å². The highest BCUT2D eigenvalue weighted by Gasteiger charge is 1.99. The summed E-state index contributed by atoms with van der Waals surface area (Å²) in [5, 5.41) is 10.1. The molecule has 0 unspecified atom stereocenters. The average Bonchev–Trinajstić information content (AvgIpc) is 2.76. The topological polar surface area (TPSA) is 40.7 Å². The van der Waals surface area contributed by atoms with Crippen LogP contribution in [0, 0.1) is 13.8 Å². The molecule has 2 aromatic rings. The molecule has 0 aliphatic rings. The maximum Gasteiger partial charge on any atom is 0.0532 e. The van der Waals surface area contributed by atoms with Gasteiger partial charge in [0.25, 0.3) is 0 Å². The van der Waals surface area contributed by atoms with Crippen molar-refractivity contribution < 1.29 is 0 Å². The van der Waals surface area contributed by atoms with Crippen molar-refractivity contribution in [3.8, 4) is 0 Å². The van der Waals surface area contributed by atoms with Gasteiger partial charge in [-0.1, -0.05) is 23.8 Å². The van der Waals surface area contributed by atoms with Crippen molar-refractivity contribution in [1.82, 2.24) is 15.5 Å². The van der Waals surface area contributed by atoms with E-state index in [0.29, 0.717) is 0 Å². The molecule has 84 valence electrons. The Morgan fingerprint density at radius 1 is 1.25 bits per heavy atom. The number of hydrogen-bond donors (Lipinski definition) is 2. The summed E-state index contributed by atoms with van der Waals surface area (Å²) in [6, 6.07) is 6.55. The van der Waals surface area contributed by atoms with Crippen molar-refractivity contribution in [2.75, 3.05) is 0 Å². The predicted molar refractivity (Wildman–Crippen MR) is 65.0 cm³/mol. The molecule has 0 amide bonds. The van der Waals surface area contributed by atoms with Crippen LogP contribution in [0.4, 0.5) is 0 Å². The Bertz CT molecular complexity index is 446. The van der Waals surface area contributed by atoms with Crippen LogP contribution < -0.4 is 5.32 Å². The Labute approximate surface area is 95.9 Å². The van der Waals surface area contributed by atoms with E-state index in [1.54, 1.807) is 0 Å². The molecule has 0 aliphatic heterocycles. The monoisotopic (exact) mass is 215 g/mol. The lowest BCUT2D eigenvalue weighted by molar-refractivity contribution is 0.690. The quantitative estimate of drug-likeness (QED) is 0.821. The van der Waals surface area contributed by atoms with E-state index in [0.717, 1.165) is 13.1 Å². The van der Waals surface area contributed by atoms with Gasteiger partial charge in [-0.2, -0.15) is 5.10 Å². The Morgan fingerprint density at radius 2 is 2.12 bits per heavy atom. The number of nitrogens with zero attached hydrogens (tertiary/aromatic N) is 1. The van der Waals surface area contributed by atoms with Crippen LogP contribution in [-0.4, -0.2) is 10.2 Å². The molecule has 0 spiro atoms. The van der Waals surface area contributed by atoms with E-state index in [-0.39, 0.29) is 0 Å². The van der Waals surface area contributed by atoms with Crippen LogP contribution in [0.3, 0.4) is 0 Å². The van der Waals surface area contributed by atoms with Gasteiger partial charge in [0.05, 0.1) is 6.20 Å². The van der Waals surface area contributed by atoms with Gasteiger partial charge in [-0.05, 0) is 25.0 Å². The van der Waals surface area contributed by atoms with Crippen LogP contribution in [0.25, 0.3) is 0 Å². The molecule has 1 heterocycles. The second-order valence-corrected chi connectivity index (χ2v) is 4.14. The van der Waals surface area contributed by atoms with E-state index in [9.17, 15) is 0 Å². The van der Waals surface area contributed by atoms with Crippen molar-refractivity contribution in [3.05, 3.63) is 52.8 Å². The lowest BCUT2D eigenvalue weighted by atomic mass is 10.1. The first-order valence-corrected chi connectivity index (χ1v) is 5.50. The zero-order valence-corrected chi connectivity index (χ0v) is 9.75. The fourth-order valence-corrected chi connectivity index (χ4v) is 1.71. The van der Waals surface area contributed by atoms with Crippen LogP contribution in [0.5, 0.6) is 0 Å². The molecule has 2 rings (SSSR count). The maximum absolute atomic E-state index is 3.91. The maximum atomic E-state index is 3.91. The highest BCUT2D eigenvalue weighted by atomic mass is 15.1. The van der Waals surface area contributed by atoms with Gasteiger partial charge in [-0.15, -0.1) is 0 Å². The third-order valence-electron chi connectivity index (χ3n) is 2.70. The van der Waals surface area contributed by atoms with E-state index in [1.165, 1.54) is 22.3 Å². The fraction of sp³-hybridized carbons (Fsp3) is 0.308. The van der Waals surface area contributed by atoms with Crippen LogP contribution in [0.1, 0.15) is 22.3 Å². The first kappa shape index (κ1) is 10.9. The number of rotatable bonds is 4. The first-order chi connectivity index (χ1) is 7.75. The van der Waals surface area contributed by atoms with Crippen LogP contribution in [0.15, 0.2) is 30.6 Å². The molecule has 0 aliphatic carbocycles. The lowest BCUT2D eigenvalue weighted by Gasteiger charge is -2.08. The highest BCUT2D eigenvalue weighted by molar-refractivity contribution is 5.30. The van der Waals surface area contributed by atoms with E-state index < -0.39 is 0 Å². The average molecular weight is 215 g/mol. The zero-order chi connectivity index (χ0) is 11.4. The van der Waals surface area contributed by atoms with Crippen molar-refractivity contribution in [2.45, 2.75) is 26.9 Å². The summed E-state index contributed by atoms with van der Waals surface area (Å²) < 4.78 is 0. The molecule has 0 saturated heterocycles. The molecule has 0 atom stereocenters. The Hall–Kier alpha value is -1.61. The molecular weight excluding hydrogens is 198 g/mol. The third-order valence-corrected chi connectivity index (χ3v) is 2.70. The third kappa shape index (κ3) is 2.70. The predicted octanol–water partition coefficient (Wildman–Crippen LogP) is 2.32. The van der Waals surface area contributed by atoms with Crippen LogP contribution in [0.2, 0.25) is 0 Å². The summed E-state index contributed by atoms with van der Waals surface area (Å²) in [6.45, 7) is 6.02. The fourth-order valence-electron chi connectivity index (χ4n) is 1.71. The molecule has 0 radical (unpaired) electrons. The van der Waals surface area contributed by atoms with E-state index in [2.05, 4.69) is 47.6 Å². The first-order valence-electron chi connectivity index (χ1n) is 5.50. The summed E-state index contributed by atoms with van der Waals surface area (Å²) >= 11 is 0. The SMILES string of the molecule is Cc1ccc(C)c(CNCc2cn[nH]c2)c1. The summed E-state index contributed by atoms with van der Waals surface area (Å²) in [6.07, 6.45) is 3.76. The summed E-state index contributed by atoms with van der Waals surface area (Å²) in [5.41, 5.74) is 5.20. The van der Waals surface area contributed by atoms with Crippen LogP contribution >= 0.6 is 0 Å². The van der Waals surface area contributed by atoms with Gasteiger partial charge in [-0.3, -0.25) is 5.10 Å². The molecule has 1 aromatic carbocycles. The summed E-state index contributed by atoms with van der Waals surface area (Å²) in [5.74, 6) is 0. The van der Waals surface area contributed by atoms with E-state index in [4.69, 9.17) is 0 Å². The summed E-state index contributed by atoms with van der Waals surface area (Å²) in [7, 11) is 0. The minimum Gasteiger partial charge on any atom is -0.308 e. The zero-order valence-electron chi connectivity index (χ0n) is 9.75. The Kier molecular flexibility index (Phi) is 3.37. The van der Waals surface area contributed by atoms with Gasteiger partial charge < -0.3 is 5.32 Å². The molecule has 0 saturated carbocycles. The molecule has 1 aromatic heterocycles. The van der Waals surface area contributed by atoms with Crippen molar-refractivity contribution in [1.29, 1.82) is 0 Å². The summed E-state index contributed by atoms with van der Waals surface area (Å²) in [4.78, 5) is 0. The van der Waals surface area contributed by atoms with E-state index >= 15 is 0 Å². The number of aryl methyl sites for hydroxylation is 2. The second-order valence-electron chi connectivity index (χ2n) is 4.14. The smallest absolute Gasteiger partial charge is 0.0532 e. The van der Waals surface area contributed by atoms with Crippen LogP contribution in [-0.2, 0) is 13.1 Å².